The van der Waals surface area contributed by atoms with Crippen LogP contribution >= 0.6 is 17.0 Å². The Bertz CT molecular complexity index is 1860. The number of hydrogen-bond donors (Lipinski definition) is 0. The van der Waals surface area contributed by atoms with Crippen molar-refractivity contribution in [2.24, 2.45) is 0 Å². The molecule has 2 aliphatic carbocycles. The van der Waals surface area contributed by atoms with Gasteiger partial charge >= 0.3 is 315 Å². The van der Waals surface area contributed by atoms with Crippen molar-refractivity contribution in [3.8, 4) is 22.3 Å². The van der Waals surface area contributed by atoms with Crippen LogP contribution in [0.4, 0.5) is 0 Å². The van der Waals surface area contributed by atoms with E-state index in [-0.39, 0.29) is 7.25 Å². The molecule has 0 aromatic heterocycles. The molecular formula is C46H57Cl2SiZr. The number of hydrogen-bond acceptors (Lipinski definition) is 0. The van der Waals surface area contributed by atoms with Crippen molar-refractivity contribution in [3.63, 3.8) is 0 Å². The molecule has 4 heteroatoms. The zero-order valence-corrected chi connectivity index (χ0v) is 37.2. The number of rotatable bonds is 11. The molecule has 263 valence electrons. The average molecular weight is 800 g/mol. The molecule has 50 heavy (non-hydrogen) atoms. The third kappa shape index (κ3) is 5.88. The Morgan fingerprint density at radius 2 is 0.940 bits per heavy atom. The molecular weight excluding hydrogens is 743 g/mol. The predicted molar refractivity (Wildman–Crippen MR) is 223 cm³/mol. The first kappa shape index (κ1) is 37.8. The summed E-state index contributed by atoms with van der Waals surface area (Å²) in [7, 11) is 17.6. The van der Waals surface area contributed by atoms with Crippen LogP contribution in [0.2, 0.25) is 13.1 Å². The SMILES string of the molecule is CCC1=Cc2c(ccc(C(C)C)c2-c2ccccc2CC)[CH]1[Zr]([Cl])([Cl])([CH]1C(CC)=Cc2c1ccc(C(C)C)c2-c1ccccc1CC)[SiH](C)C. The Hall–Kier alpha value is -1.96. The van der Waals surface area contributed by atoms with Crippen molar-refractivity contribution in [3.05, 3.63) is 128 Å². The fourth-order valence-electron chi connectivity index (χ4n) is 9.51. The van der Waals surface area contributed by atoms with E-state index in [0.29, 0.717) is 11.8 Å². The van der Waals surface area contributed by atoms with E-state index in [1.165, 1.54) is 77.9 Å². The molecule has 0 N–H and O–H groups in total. The number of halogens is 2. The van der Waals surface area contributed by atoms with Gasteiger partial charge < -0.3 is 0 Å². The van der Waals surface area contributed by atoms with Crippen LogP contribution < -0.4 is 0 Å². The van der Waals surface area contributed by atoms with Crippen molar-refractivity contribution in [2.75, 3.05) is 0 Å². The number of aryl methyl sites for hydroxylation is 2. The Balaban J connectivity index is 1.66. The standard InChI is InChI=1S/2C22H25.C2H7Si.2ClH.Zr/c2*1-5-16-13-18-11-12-19(15(3)4)22(21(18)14-16)20-10-8-7-9-17(20)6-2;1-3-2;;;/h2*7-15H,5-6H2,1-4H3;3H,1-2H3;2*1H;/q;;;;;+2/p-2. The molecule has 0 saturated heterocycles. The monoisotopic (exact) mass is 797 g/mol. The van der Waals surface area contributed by atoms with Crippen LogP contribution in [0.25, 0.3) is 34.4 Å². The molecule has 0 aliphatic heterocycles. The van der Waals surface area contributed by atoms with Gasteiger partial charge in [0.05, 0.1) is 0 Å². The van der Waals surface area contributed by atoms with Crippen LogP contribution in [0, 0.1) is 0 Å². The Morgan fingerprint density at radius 3 is 1.26 bits per heavy atom. The number of fused-ring (bicyclic) bond motifs is 2. The van der Waals surface area contributed by atoms with E-state index >= 15 is 0 Å². The summed E-state index contributed by atoms with van der Waals surface area (Å²) in [6.45, 7) is 23.5. The van der Waals surface area contributed by atoms with E-state index in [9.17, 15) is 0 Å². The van der Waals surface area contributed by atoms with Crippen LogP contribution in [0.3, 0.4) is 0 Å². The summed E-state index contributed by atoms with van der Waals surface area (Å²) in [5, 5.41) is 0. The summed E-state index contributed by atoms with van der Waals surface area (Å²) in [5.74, 6) is -0.850. The second-order valence-electron chi connectivity index (χ2n) is 15.8. The summed E-state index contributed by atoms with van der Waals surface area (Å²) in [4.78, 5) is 0. The first-order valence-corrected chi connectivity index (χ1v) is 35.6. The first-order valence-electron chi connectivity index (χ1n) is 19.3. The van der Waals surface area contributed by atoms with Crippen LogP contribution in [-0.2, 0) is 28.4 Å². The molecule has 6 rings (SSSR count). The third-order valence-electron chi connectivity index (χ3n) is 12.2. The predicted octanol–water partition coefficient (Wildman–Crippen LogP) is 14.8. The van der Waals surface area contributed by atoms with Gasteiger partial charge in [0, 0.05) is 0 Å². The summed E-state index contributed by atoms with van der Waals surface area (Å²) < 4.78 is 0.199. The van der Waals surface area contributed by atoms with Crippen LogP contribution in [-0.4, -0.2) is 5.92 Å². The van der Waals surface area contributed by atoms with E-state index in [4.69, 9.17) is 17.0 Å². The van der Waals surface area contributed by atoms with Crippen molar-refractivity contribution in [1.82, 2.24) is 0 Å². The zero-order chi connectivity index (χ0) is 36.1. The summed E-state index contributed by atoms with van der Waals surface area (Å²) in [5.41, 5.74) is 19.6. The molecule has 2 unspecified atom stereocenters. The van der Waals surface area contributed by atoms with Crippen LogP contribution in [0.5, 0.6) is 0 Å². The number of benzene rings is 4. The molecule has 4 aromatic rings. The van der Waals surface area contributed by atoms with Crippen LogP contribution in [0.15, 0.2) is 83.9 Å². The van der Waals surface area contributed by atoms with Gasteiger partial charge in [-0.05, 0) is 0 Å². The summed E-state index contributed by atoms with van der Waals surface area (Å²) >= 11 is -4.89. The normalized spacial score (nSPS) is 17.9. The molecule has 0 amide bonds. The maximum absolute atomic E-state index is 8.82. The second-order valence-corrected chi connectivity index (χ2v) is 58.3. The van der Waals surface area contributed by atoms with Gasteiger partial charge in [-0.15, -0.1) is 0 Å². The second kappa shape index (κ2) is 14.5. The van der Waals surface area contributed by atoms with Gasteiger partial charge in [0.15, 0.2) is 0 Å². The van der Waals surface area contributed by atoms with E-state index in [2.05, 4.69) is 153 Å². The maximum atomic E-state index is 8.82. The molecule has 2 atom stereocenters. The molecule has 0 heterocycles. The van der Waals surface area contributed by atoms with Crippen LogP contribution in [0.1, 0.15) is 132 Å². The Morgan fingerprint density at radius 1 is 0.560 bits per heavy atom. The molecule has 0 radical (unpaired) electrons. The molecule has 2 aliphatic rings. The molecule has 0 saturated carbocycles. The van der Waals surface area contributed by atoms with E-state index in [1.807, 2.05) is 0 Å². The molecule has 0 spiro atoms. The minimum absolute atomic E-state index is 0.0993. The third-order valence-corrected chi connectivity index (χ3v) is 64.1. The summed E-state index contributed by atoms with van der Waals surface area (Å²) in [6.07, 6.45) is 9.01. The van der Waals surface area contributed by atoms with Crippen molar-refractivity contribution >= 4 is 35.1 Å². The summed E-state index contributed by atoms with van der Waals surface area (Å²) in [6, 6.07) is 27.8. The van der Waals surface area contributed by atoms with Gasteiger partial charge in [-0.1, -0.05) is 0 Å². The van der Waals surface area contributed by atoms with E-state index in [0.717, 1.165) is 25.7 Å². The Kier molecular flexibility index (Phi) is 10.9. The number of allylic oxidation sites excluding steroid dienone is 2. The zero-order valence-electron chi connectivity index (χ0n) is 32.1. The van der Waals surface area contributed by atoms with Gasteiger partial charge in [-0.2, -0.15) is 0 Å². The minimum atomic E-state index is -4.89. The van der Waals surface area contributed by atoms with Gasteiger partial charge in [-0.25, -0.2) is 0 Å². The fraction of sp³-hybridized carbons (Fsp3) is 0.391. The quantitative estimate of drug-likeness (QED) is 0.133. The fourth-order valence-corrected chi connectivity index (χ4v) is 41.3. The average Bonchev–Trinajstić information content (AvgIpc) is 3.70. The van der Waals surface area contributed by atoms with Gasteiger partial charge in [-0.3, -0.25) is 0 Å². The first-order chi connectivity index (χ1) is 23.8. The molecule has 0 nitrogen and oxygen atoms in total. The van der Waals surface area contributed by atoms with Crippen molar-refractivity contribution < 1.29 is 15.6 Å². The molecule has 4 aromatic carbocycles. The van der Waals surface area contributed by atoms with Gasteiger partial charge in [0.2, 0.25) is 0 Å². The van der Waals surface area contributed by atoms with Crippen molar-refractivity contribution in [2.45, 2.75) is 113 Å². The molecule has 0 bridgehead atoms. The van der Waals surface area contributed by atoms with Gasteiger partial charge in [0.1, 0.15) is 0 Å². The van der Waals surface area contributed by atoms with E-state index in [1.54, 1.807) is 0 Å². The van der Waals surface area contributed by atoms with Crippen molar-refractivity contribution in [1.29, 1.82) is 0 Å². The Labute approximate surface area is 312 Å². The van der Waals surface area contributed by atoms with Gasteiger partial charge in [0.25, 0.3) is 0 Å². The van der Waals surface area contributed by atoms with E-state index < -0.39 is 21.5 Å². The molecule has 0 fully saturated rings. The topological polar surface area (TPSA) is 0 Å².